The van der Waals surface area contributed by atoms with Crippen molar-refractivity contribution in [1.29, 1.82) is 5.26 Å². The Morgan fingerprint density at radius 2 is 2.28 bits per heavy atom. The van der Waals surface area contributed by atoms with Gasteiger partial charge in [0.05, 0.1) is 23.2 Å². The van der Waals surface area contributed by atoms with Gasteiger partial charge in [0.15, 0.2) is 6.29 Å². The Labute approximate surface area is 102 Å². The third-order valence-corrected chi connectivity index (χ3v) is 2.08. The summed E-state index contributed by atoms with van der Waals surface area (Å²) < 4.78 is 4.65. The Kier molecular flexibility index (Phi) is 4.10. The zero-order valence-corrected chi connectivity index (χ0v) is 9.37. The third-order valence-electron chi connectivity index (χ3n) is 2.08. The van der Waals surface area contributed by atoms with Crippen LogP contribution in [0.15, 0.2) is 12.1 Å². The smallest absolute Gasteiger partial charge is 0.345 e. The van der Waals surface area contributed by atoms with Crippen molar-refractivity contribution in [2.24, 2.45) is 0 Å². The number of ether oxygens (including phenoxy) is 1. The summed E-state index contributed by atoms with van der Waals surface area (Å²) in [5.74, 6) is -0.962. The predicted octanol–water partition coefficient (Wildman–Crippen LogP) is 1.46. The van der Waals surface area contributed by atoms with Crippen LogP contribution in [0.2, 0.25) is 0 Å². The van der Waals surface area contributed by atoms with Gasteiger partial charge in [-0.25, -0.2) is 4.79 Å². The van der Waals surface area contributed by atoms with Crippen LogP contribution >= 0.6 is 0 Å². The number of hydrogen-bond acceptors (Lipinski definition) is 6. The van der Waals surface area contributed by atoms with Crippen LogP contribution in [0.4, 0.5) is 5.69 Å². The molecule has 0 aliphatic carbocycles. The molecule has 0 saturated carbocycles. The molecule has 0 saturated heterocycles. The summed E-state index contributed by atoms with van der Waals surface area (Å²) in [6.45, 7) is 1.56. The highest BCUT2D eigenvalue weighted by molar-refractivity contribution is 6.02. The summed E-state index contributed by atoms with van der Waals surface area (Å²) in [6.07, 6.45) is 0.278. The van der Waals surface area contributed by atoms with Gasteiger partial charge < -0.3 is 4.74 Å². The van der Waals surface area contributed by atoms with Crippen molar-refractivity contribution in [3.8, 4) is 6.07 Å². The SMILES string of the molecule is CCOC(=O)c1c(C=O)cc(C#N)cc1[N+](=O)[O-]. The molecule has 0 aliphatic heterocycles. The molecule has 7 nitrogen and oxygen atoms in total. The van der Waals surface area contributed by atoms with E-state index in [2.05, 4.69) is 4.74 Å². The van der Waals surface area contributed by atoms with Crippen molar-refractivity contribution in [3.63, 3.8) is 0 Å². The summed E-state index contributed by atoms with van der Waals surface area (Å²) in [6, 6.07) is 3.71. The van der Waals surface area contributed by atoms with Crippen LogP contribution in [0, 0.1) is 21.4 Å². The molecule has 0 bridgehead atoms. The Hall–Kier alpha value is -2.75. The number of nitro groups is 1. The fraction of sp³-hybridized carbons (Fsp3) is 0.182. The van der Waals surface area contributed by atoms with E-state index in [4.69, 9.17) is 5.26 Å². The lowest BCUT2D eigenvalue weighted by molar-refractivity contribution is -0.385. The lowest BCUT2D eigenvalue weighted by atomic mass is 10.0. The number of carbonyl (C=O) groups is 2. The number of benzene rings is 1. The maximum atomic E-state index is 11.6. The van der Waals surface area contributed by atoms with Gasteiger partial charge in [-0.3, -0.25) is 14.9 Å². The van der Waals surface area contributed by atoms with Gasteiger partial charge in [0, 0.05) is 11.6 Å². The topological polar surface area (TPSA) is 110 Å². The van der Waals surface area contributed by atoms with Gasteiger partial charge in [-0.15, -0.1) is 0 Å². The maximum absolute atomic E-state index is 11.6. The zero-order valence-electron chi connectivity index (χ0n) is 9.37. The quantitative estimate of drug-likeness (QED) is 0.345. The summed E-state index contributed by atoms with van der Waals surface area (Å²) in [5, 5.41) is 19.5. The second-order valence-electron chi connectivity index (χ2n) is 3.17. The second kappa shape index (κ2) is 5.54. The summed E-state index contributed by atoms with van der Waals surface area (Å²) >= 11 is 0. The molecule has 1 aromatic rings. The molecular formula is C11H8N2O5. The zero-order chi connectivity index (χ0) is 13.7. The Balaban J connectivity index is 3.55. The third kappa shape index (κ3) is 2.49. The number of nitriles is 1. The molecular weight excluding hydrogens is 240 g/mol. The van der Waals surface area contributed by atoms with Gasteiger partial charge in [-0.05, 0) is 13.0 Å². The molecule has 7 heteroatoms. The molecule has 1 rings (SSSR count). The monoisotopic (exact) mass is 248 g/mol. The first-order valence-corrected chi connectivity index (χ1v) is 4.90. The van der Waals surface area contributed by atoms with Crippen LogP contribution in [-0.4, -0.2) is 23.8 Å². The predicted molar refractivity (Wildman–Crippen MR) is 59.2 cm³/mol. The van der Waals surface area contributed by atoms with E-state index >= 15 is 0 Å². The Morgan fingerprint density at radius 1 is 1.61 bits per heavy atom. The lowest BCUT2D eigenvalue weighted by Gasteiger charge is -2.05. The molecule has 0 unspecified atom stereocenters. The molecule has 1 aromatic carbocycles. The molecule has 0 amide bonds. The second-order valence-corrected chi connectivity index (χ2v) is 3.17. The lowest BCUT2D eigenvalue weighted by Crippen LogP contribution is -2.11. The number of hydrogen-bond donors (Lipinski definition) is 0. The van der Waals surface area contributed by atoms with Gasteiger partial charge >= 0.3 is 5.97 Å². The maximum Gasteiger partial charge on any atom is 0.345 e. The summed E-state index contributed by atoms with van der Waals surface area (Å²) in [4.78, 5) is 32.4. The van der Waals surface area contributed by atoms with Crippen molar-refractivity contribution in [3.05, 3.63) is 38.9 Å². The standard InChI is InChI=1S/C11H8N2O5/c1-2-18-11(15)10-8(6-14)3-7(5-12)4-9(10)13(16)17/h3-4,6H,2H2,1H3. The Bertz CT molecular complexity index is 559. The largest absolute Gasteiger partial charge is 0.462 e. The van der Waals surface area contributed by atoms with E-state index in [1.807, 2.05) is 0 Å². The molecule has 0 aromatic heterocycles. The van der Waals surface area contributed by atoms with Gasteiger partial charge in [0.1, 0.15) is 5.56 Å². The Morgan fingerprint density at radius 3 is 2.72 bits per heavy atom. The van der Waals surface area contributed by atoms with Crippen molar-refractivity contribution in [2.45, 2.75) is 6.92 Å². The highest BCUT2D eigenvalue weighted by atomic mass is 16.6. The molecule has 0 fully saturated rings. The van der Waals surface area contributed by atoms with E-state index in [9.17, 15) is 19.7 Å². The first kappa shape index (κ1) is 13.3. The highest BCUT2D eigenvalue weighted by Gasteiger charge is 2.26. The van der Waals surface area contributed by atoms with E-state index in [1.54, 1.807) is 6.07 Å². The van der Waals surface area contributed by atoms with Crippen LogP contribution in [0.25, 0.3) is 0 Å². The van der Waals surface area contributed by atoms with Crippen molar-refractivity contribution < 1.29 is 19.2 Å². The number of nitrogens with zero attached hydrogens (tertiary/aromatic N) is 2. The van der Waals surface area contributed by atoms with E-state index in [0.717, 1.165) is 12.1 Å². The van der Waals surface area contributed by atoms with Crippen LogP contribution in [0.5, 0.6) is 0 Å². The van der Waals surface area contributed by atoms with Gasteiger partial charge in [-0.2, -0.15) is 5.26 Å². The van der Waals surface area contributed by atoms with Gasteiger partial charge in [0.25, 0.3) is 5.69 Å². The van der Waals surface area contributed by atoms with Gasteiger partial charge in [0.2, 0.25) is 0 Å². The van der Waals surface area contributed by atoms with Crippen LogP contribution in [-0.2, 0) is 4.74 Å². The van der Waals surface area contributed by atoms with E-state index in [-0.39, 0.29) is 24.0 Å². The summed E-state index contributed by atoms with van der Waals surface area (Å²) in [7, 11) is 0. The average Bonchev–Trinajstić information content (AvgIpc) is 2.37. The average molecular weight is 248 g/mol. The molecule has 0 N–H and O–H groups in total. The highest BCUT2D eigenvalue weighted by Crippen LogP contribution is 2.24. The normalized spacial score (nSPS) is 9.33. The molecule has 0 spiro atoms. The summed E-state index contributed by atoms with van der Waals surface area (Å²) in [5.41, 5.74) is -1.36. The molecule has 18 heavy (non-hydrogen) atoms. The minimum absolute atomic E-state index is 0.0221. The molecule has 0 atom stereocenters. The van der Waals surface area contributed by atoms with Gasteiger partial charge in [-0.1, -0.05) is 0 Å². The number of rotatable bonds is 4. The van der Waals surface area contributed by atoms with Crippen molar-refractivity contribution in [1.82, 2.24) is 0 Å². The first-order chi connectivity index (χ1) is 8.54. The van der Waals surface area contributed by atoms with Crippen LogP contribution < -0.4 is 0 Å². The molecule has 0 aliphatic rings. The first-order valence-electron chi connectivity index (χ1n) is 4.90. The van der Waals surface area contributed by atoms with E-state index < -0.39 is 22.1 Å². The van der Waals surface area contributed by atoms with E-state index in [0.29, 0.717) is 0 Å². The van der Waals surface area contributed by atoms with Crippen molar-refractivity contribution >= 4 is 17.9 Å². The van der Waals surface area contributed by atoms with Crippen LogP contribution in [0.3, 0.4) is 0 Å². The molecule has 0 heterocycles. The minimum atomic E-state index is -0.962. The fourth-order valence-corrected chi connectivity index (χ4v) is 1.38. The number of esters is 1. The van der Waals surface area contributed by atoms with Crippen molar-refractivity contribution in [2.75, 3.05) is 6.61 Å². The van der Waals surface area contributed by atoms with Crippen LogP contribution in [0.1, 0.15) is 33.2 Å². The minimum Gasteiger partial charge on any atom is -0.462 e. The molecule has 0 radical (unpaired) electrons. The number of aldehydes is 1. The number of carbonyl (C=O) groups excluding carboxylic acids is 2. The number of nitro benzene ring substituents is 1. The fourth-order valence-electron chi connectivity index (χ4n) is 1.38. The molecule has 92 valence electrons. The van der Waals surface area contributed by atoms with E-state index in [1.165, 1.54) is 6.92 Å².